The minimum atomic E-state index is -2.93. The van der Waals surface area contributed by atoms with Crippen molar-refractivity contribution in [3.63, 3.8) is 0 Å². The average molecular weight is 143 g/mol. The number of hydrogen-bond donors (Lipinski definition) is 0. The summed E-state index contributed by atoms with van der Waals surface area (Å²) < 4.78 is 20.9. The molecule has 0 radical (unpaired) electrons. The third kappa shape index (κ3) is 18.2. The van der Waals surface area contributed by atoms with Crippen LogP contribution in [0.5, 0.6) is 0 Å². The summed E-state index contributed by atoms with van der Waals surface area (Å²) in [7, 11) is -2.93. The Hall–Kier alpha value is 1.82. The molecule has 0 spiro atoms. The predicted octanol–water partition coefficient (Wildman–Crippen LogP) is -6.26. The molecule has 4 nitrogen and oxygen atoms in total. The second kappa shape index (κ2) is 10.7. The maximum absolute atomic E-state index is 9.00. The van der Waals surface area contributed by atoms with E-state index >= 15 is 0 Å². The Morgan fingerprint density at radius 3 is 1.43 bits per heavy atom. The third-order valence-electron chi connectivity index (χ3n) is 0.0745. The fourth-order valence-electron chi connectivity index (χ4n) is 0. The van der Waals surface area contributed by atoms with Crippen molar-refractivity contribution in [2.45, 2.75) is 0 Å². The van der Waals surface area contributed by atoms with Gasteiger partial charge in [-0.2, -0.15) is 9.13 Å². The maximum atomic E-state index is 9.00. The summed E-state index contributed by atoms with van der Waals surface area (Å²) in [5.41, 5.74) is 0. The van der Waals surface area contributed by atoms with E-state index in [1.165, 1.54) is 0 Å². The van der Waals surface area contributed by atoms with Gasteiger partial charge >= 0.3 is 67.0 Å². The van der Waals surface area contributed by atoms with Gasteiger partial charge in [-0.25, -0.2) is 5.26 Å². The molecule has 0 unspecified atom stereocenters. The molecule has 30 valence electrons. The Balaban J connectivity index is -0.0000000800. The standard InChI is InChI=1S/2Na.HO4P/c;;1-4-5(2)3/h;;1H/q2*+1;/p+1. The largest absolute Gasteiger partial charge is 1.00 e. The van der Waals surface area contributed by atoms with Gasteiger partial charge in [0, 0.05) is 4.67 Å². The molecular weight excluding hydrogens is 141 g/mol. The Bertz CT molecular complexity index is 67.8. The Morgan fingerprint density at radius 1 is 1.29 bits per heavy atom. The molecule has 2 N–H and O–H groups in total. The van der Waals surface area contributed by atoms with Crippen LogP contribution in [0.15, 0.2) is 0 Å². The Labute approximate surface area is 85.0 Å². The first-order valence-corrected chi connectivity index (χ1v) is 1.85. The van der Waals surface area contributed by atoms with Gasteiger partial charge in [-0.15, -0.1) is 0 Å². The van der Waals surface area contributed by atoms with Crippen molar-refractivity contribution < 1.29 is 78.2 Å². The van der Waals surface area contributed by atoms with Crippen molar-refractivity contribution in [2.75, 3.05) is 0 Å². The van der Waals surface area contributed by atoms with Crippen LogP contribution in [-0.4, -0.2) is 5.26 Å². The van der Waals surface area contributed by atoms with E-state index in [0.29, 0.717) is 0 Å². The average Bonchev–Trinajstić information content (AvgIpc) is 1.38. The van der Waals surface area contributed by atoms with Crippen LogP contribution in [0.25, 0.3) is 0 Å². The molecule has 0 rings (SSSR count). The quantitative estimate of drug-likeness (QED) is 0.120. The first kappa shape index (κ1) is 15.9. The van der Waals surface area contributed by atoms with Crippen LogP contribution in [0.2, 0.25) is 0 Å². The van der Waals surface area contributed by atoms with Crippen molar-refractivity contribution in [1.82, 2.24) is 0 Å². The Morgan fingerprint density at radius 2 is 1.43 bits per heavy atom. The van der Waals surface area contributed by atoms with Gasteiger partial charge in [0.15, 0.2) is 0 Å². The molecule has 0 aliphatic heterocycles. The molecule has 0 fully saturated rings. The van der Waals surface area contributed by atoms with E-state index in [1.807, 2.05) is 0 Å². The van der Waals surface area contributed by atoms with Crippen molar-refractivity contribution in [2.24, 2.45) is 0 Å². The van der Waals surface area contributed by atoms with Gasteiger partial charge in [-0.3, -0.25) is 0 Å². The molecule has 0 heterocycles. The van der Waals surface area contributed by atoms with E-state index in [1.54, 1.807) is 0 Å². The first-order valence-electron chi connectivity index (χ1n) is 0.752. The van der Waals surface area contributed by atoms with Crippen molar-refractivity contribution >= 4 is 7.91 Å². The van der Waals surface area contributed by atoms with E-state index in [0.717, 1.165) is 0 Å². The van der Waals surface area contributed by atoms with Gasteiger partial charge in [0.2, 0.25) is 0 Å². The second-order valence-corrected chi connectivity index (χ2v) is 0.945. The van der Waals surface area contributed by atoms with Gasteiger partial charge in [0.25, 0.3) is 0 Å². The van der Waals surface area contributed by atoms with Crippen molar-refractivity contribution in [3.8, 4) is 0 Å². The summed E-state index contributed by atoms with van der Waals surface area (Å²) in [6.45, 7) is 0. The molecular formula is H2Na2O4P+3. The fraction of sp³-hybridized carbons (Fsp3) is 0. The summed E-state index contributed by atoms with van der Waals surface area (Å²) in [6, 6.07) is 0. The first-order chi connectivity index (χ1) is 2.27. The minimum absolute atomic E-state index is 0. The number of hydrogen-bond acceptors (Lipinski definition) is 3. The van der Waals surface area contributed by atoms with Crippen LogP contribution in [0.4, 0.5) is 0 Å². The fourth-order valence-corrected chi connectivity index (χ4v) is 0. The van der Waals surface area contributed by atoms with Crippen LogP contribution >= 0.6 is 7.91 Å². The summed E-state index contributed by atoms with van der Waals surface area (Å²) in [5, 5.41) is 5.56. The minimum Gasteiger partial charge on any atom is -0.246 e. The molecule has 0 aliphatic rings. The topological polar surface area (TPSA) is 66.3 Å². The smallest absolute Gasteiger partial charge is 0.246 e. The normalized spacial score (nSPS) is 5.29. The van der Waals surface area contributed by atoms with E-state index in [-0.39, 0.29) is 59.1 Å². The molecule has 0 saturated carbocycles. The summed E-state index contributed by atoms with van der Waals surface area (Å²) in [4.78, 5) is 0. The van der Waals surface area contributed by atoms with Crippen LogP contribution in [-0.2, 0) is 13.8 Å². The zero-order valence-electron chi connectivity index (χ0n) is 4.17. The molecule has 0 amide bonds. The summed E-state index contributed by atoms with van der Waals surface area (Å²) in [6.07, 6.45) is 0. The van der Waals surface area contributed by atoms with Gasteiger partial charge in [0.05, 0.1) is 0 Å². The summed E-state index contributed by atoms with van der Waals surface area (Å²) >= 11 is 0. The van der Waals surface area contributed by atoms with Gasteiger partial charge in [0.1, 0.15) is 0 Å². The molecule has 0 bridgehead atoms. The van der Waals surface area contributed by atoms with Gasteiger partial charge in [-0.1, -0.05) is 0 Å². The van der Waals surface area contributed by atoms with E-state index in [4.69, 9.17) is 14.4 Å². The Kier molecular flexibility index (Phi) is 24.4. The van der Waals surface area contributed by atoms with E-state index < -0.39 is 7.91 Å². The van der Waals surface area contributed by atoms with Crippen LogP contribution in [0.3, 0.4) is 0 Å². The molecule has 7 heteroatoms. The second-order valence-electron chi connectivity index (χ2n) is 0.315. The molecule has 0 aromatic rings. The van der Waals surface area contributed by atoms with E-state index in [9.17, 15) is 0 Å². The predicted molar refractivity (Wildman–Crippen MR) is 13.0 cm³/mol. The molecule has 7 heavy (non-hydrogen) atoms. The van der Waals surface area contributed by atoms with E-state index in [2.05, 4.69) is 4.67 Å². The molecule has 0 saturated heterocycles. The van der Waals surface area contributed by atoms with Crippen LogP contribution in [0, 0.1) is 0 Å². The zero-order chi connectivity index (χ0) is 4.28. The number of rotatable bonds is 1. The molecule has 0 atom stereocenters. The summed E-state index contributed by atoms with van der Waals surface area (Å²) in [5.74, 6) is 0. The monoisotopic (exact) mass is 143 g/mol. The van der Waals surface area contributed by atoms with Crippen LogP contribution < -0.4 is 59.1 Å². The third-order valence-corrected chi connectivity index (χ3v) is 0.224. The van der Waals surface area contributed by atoms with Crippen molar-refractivity contribution in [3.05, 3.63) is 0 Å². The molecule has 0 aromatic carbocycles. The molecule has 0 aliphatic carbocycles. The SMILES string of the molecule is O=P(=O)O[OH2+].[Na+].[Na+]. The van der Waals surface area contributed by atoms with Gasteiger partial charge in [-0.05, 0) is 0 Å². The molecule has 0 aromatic heterocycles. The van der Waals surface area contributed by atoms with Crippen molar-refractivity contribution in [1.29, 1.82) is 0 Å². The van der Waals surface area contributed by atoms with Crippen LogP contribution in [0.1, 0.15) is 0 Å². The maximum Gasteiger partial charge on any atom is 1.00 e. The zero-order valence-corrected chi connectivity index (χ0v) is 9.07. The van der Waals surface area contributed by atoms with Gasteiger partial charge < -0.3 is 0 Å².